The van der Waals surface area contributed by atoms with Crippen LogP contribution in [0.1, 0.15) is 18.4 Å². The minimum Gasteiger partial charge on any atom is -0.347 e. The van der Waals surface area contributed by atoms with Crippen LogP contribution in [0.4, 0.5) is 0 Å². The maximum absolute atomic E-state index is 13.2. The van der Waals surface area contributed by atoms with Crippen LogP contribution in [0.3, 0.4) is 0 Å². The highest BCUT2D eigenvalue weighted by Gasteiger charge is 2.50. The third-order valence-electron chi connectivity index (χ3n) is 5.86. The number of likely N-dealkylation sites (tertiary alicyclic amines) is 1. The predicted molar refractivity (Wildman–Crippen MR) is 100 cm³/mol. The molecular weight excluding hydrogens is 390 g/mol. The Labute approximate surface area is 160 Å². The van der Waals surface area contributed by atoms with Gasteiger partial charge in [-0.15, -0.1) is 0 Å². The Morgan fingerprint density at radius 2 is 1.63 bits per heavy atom. The van der Waals surface area contributed by atoms with Crippen molar-refractivity contribution in [3.05, 3.63) is 29.8 Å². The summed E-state index contributed by atoms with van der Waals surface area (Å²) in [7, 11) is -7.14. The van der Waals surface area contributed by atoms with E-state index < -0.39 is 36.8 Å². The van der Waals surface area contributed by atoms with Crippen LogP contribution in [-0.4, -0.2) is 76.6 Å². The molecule has 0 unspecified atom stereocenters. The number of benzene rings is 1. The van der Waals surface area contributed by atoms with Crippen molar-refractivity contribution in [1.82, 2.24) is 4.90 Å². The van der Waals surface area contributed by atoms with Gasteiger partial charge in [0.05, 0.1) is 34.9 Å². The fourth-order valence-electron chi connectivity index (χ4n) is 4.32. The van der Waals surface area contributed by atoms with E-state index in [1.807, 2.05) is 11.8 Å². The number of piperidine rings is 1. The van der Waals surface area contributed by atoms with Gasteiger partial charge in [0.15, 0.2) is 25.5 Å². The number of hydrogen-bond donors (Lipinski definition) is 0. The number of ether oxygens (including phenoxy) is 2. The van der Waals surface area contributed by atoms with E-state index in [0.29, 0.717) is 39.1 Å². The van der Waals surface area contributed by atoms with Gasteiger partial charge in [-0.05, 0) is 19.1 Å². The molecule has 4 rings (SSSR count). The molecule has 3 fully saturated rings. The van der Waals surface area contributed by atoms with E-state index in [2.05, 4.69) is 0 Å². The SMILES string of the molecule is Cc1ccc(S(=O)(=O)[C@@H]2CS(=O)(=O)C[C@H]2N2CCC3(CC2)OCCO3)cc1. The molecule has 1 aromatic rings. The Morgan fingerprint density at radius 1 is 1.04 bits per heavy atom. The van der Waals surface area contributed by atoms with Crippen molar-refractivity contribution in [3.8, 4) is 0 Å². The van der Waals surface area contributed by atoms with E-state index in [1.165, 1.54) is 0 Å². The van der Waals surface area contributed by atoms with E-state index in [4.69, 9.17) is 9.47 Å². The standard InChI is InChI=1S/C18H25NO6S2/c1-14-2-4-15(5-3-14)27(22,23)17-13-26(20,21)12-16(17)19-8-6-18(7-9-19)24-10-11-25-18/h2-5,16-17H,6-13H2,1H3/t16-,17-/m1/s1. The van der Waals surface area contributed by atoms with Crippen LogP contribution >= 0.6 is 0 Å². The summed E-state index contributed by atoms with van der Waals surface area (Å²) in [5, 5.41) is -0.940. The maximum atomic E-state index is 13.2. The molecule has 150 valence electrons. The molecule has 2 atom stereocenters. The zero-order valence-electron chi connectivity index (χ0n) is 15.3. The van der Waals surface area contributed by atoms with Crippen LogP contribution < -0.4 is 0 Å². The molecule has 0 bridgehead atoms. The summed E-state index contributed by atoms with van der Waals surface area (Å²) in [6.07, 6.45) is 1.25. The largest absolute Gasteiger partial charge is 0.347 e. The first-order valence-corrected chi connectivity index (χ1v) is 12.6. The van der Waals surface area contributed by atoms with E-state index in [1.54, 1.807) is 24.3 Å². The number of rotatable bonds is 3. The van der Waals surface area contributed by atoms with Gasteiger partial charge in [0.2, 0.25) is 0 Å². The third kappa shape index (κ3) is 3.67. The Hall–Kier alpha value is -1.00. The molecule has 9 heteroatoms. The van der Waals surface area contributed by atoms with Gasteiger partial charge < -0.3 is 9.47 Å². The molecule has 3 heterocycles. The minimum atomic E-state index is -3.74. The molecule has 3 aliphatic rings. The van der Waals surface area contributed by atoms with Gasteiger partial charge in [0, 0.05) is 32.0 Å². The number of aryl methyl sites for hydroxylation is 1. The first-order chi connectivity index (χ1) is 12.7. The van der Waals surface area contributed by atoms with Gasteiger partial charge in [-0.1, -0.05) is 17.7 Å². The molecule has 3 saturated heterocycles. The second kappa shape index (κ2) is 6.81. The van der Waals surface area contributed by atoms with Gasteiger partial charge in [-0.25, -0.2) is 16.8 Å². The van der Waals surface area contributed by atoms with Gasteiger partial charge in [0.1, 0.15) is 0 Å². The van der Waals surface area contributed by atoms with E-state index in [-0.39, 0.29) is 16.4 Å². The van der Waals surface area contributed by atoms with Gasteiger partial charge in [-0.3, -0.25) is 4.90 Å². The summed E-state index contributed by atoms with van der Waals surface area (Å²) in [6, 6.07) is 6.09. The number of nitrogens with zero attached hydrogens (tertiary/aromatic N) is 1. The van der Waals surface area contributed by atoms with Gasteiger partial charge in [-0.2, -0.15) is 0 Å². The van der Waals surface area contributed by atoms with E-state index >= 15 is 0 Å². The van der Waals surface area contributed by atoms with E-state index in [9.17, 15) is 16.8 Å². The molecule has 1 spiro atoms. The lowest BCUT2D eigenvalue weighted by Crippen LogP contribution is -2.53. The summed E-state index contributed by atoms with van der Waals surface area (Å²) in [4.78, 5) is 2.19. The normalized spacial score (nSPS) is 30.7. The molecule has 27 heavy (non-hydrogen) atoms. The van der Waals surface area contributed by atoms with E-state index in [0.717, 1.165) is 5.56 Å². The van der Waals surface area contributed by atoms with Crippen LogP contribution in [0.2, 0.25) is 0 Å². The van der Waals surface area contributed by atoms with Crippen LogP contribution in [-0.2, 0) is 29.1 Å². The van der Waals surface area contributed by atoms with Gasteiger partial charge >= 0.3 is 0 Å². The van der Waals surface area contributed by atoms with Crippen molar-refractivity contribution in [2.75, 3.05) is 37.8 Å². The lowest BCUT2D eigenvalue weighted by Gasteiger charge is -2.41. The fourth-order valence-corrected chi connectivity index (χ4v) is 9.15. The molecule has 0 amide bonds. The summed E-state index contributed by atoms with van der Waals surface area (Å²) < 4.78 is 62.5. The smallest absolute Gasteiger partial charge is 0.183 e. The van der Waals surface area contributed by atoms with Crippen LogP contribution in [0.5, 0.6) is 0 Å². The fraction of sp³-hybridized carbons (Fsp3) is 0.667. The average Bonchev–Trinajstić information content (AvgIpc) is 3.20. The second-order valence-corrected chi connectivity index (χ2v) is 12.0. The molecule has 0 aliphatic carbocycles. The van der Waals surface area contributed by atoms with Crippen LogP contribution in [0, 0.1) is 6.92 Å². The Balaban J connectivity index is 1.58. The van der Waals surface area contributed by atoms with Crippen LogP contribution in [0.25, 0.3) is 0 Å². The quantitative estimate of drug-likeness (QED) is 0.720. The average molecular weight is 416 g/mol. The molecule has 0 N–H and O–H groups in total. The van der Waals surface area contributed by atoms with Crippen molar-refractivity contribution in [2.45, 2.75) is 41.7 Å². The minimum absolute atomic E-state index is 0.114. The van der Waals surface area contributed by atoms with Crippen molar-refractivity contribution in [2.24, 2.45) is 0 Å². The third-order valence-corrected chi connectivity index (χ3v) is 10.00. The topological polar surface area (TPSA) is 90.0 Å². The highest BCUT2D eigenvalue weighted by Crippen LogP contribution is 2.35. The van der Waals surface area contributed by atoms with Crippen molar-refractivity contribution in [3.63, 3.8) is 0 Å². The molecule has 3 aliphatic heterocycles. The molecule has 0 aromatic heterocycles. The Morgan fingerprint density at radius 3 is 2.22 bits per heavy atom. The Bertz CT molecular complexity index is 894. The summed E-state index contributed by atoms with van der Waals surface area (Å²) in [6.45, 7) is 4.17. The molecule has 1 aromatic carbocycles. The predicted octanol–water partition coefficient (Wildman–Crippen LogP) is 0.773. The summed E-state index contributed by atoms with van der Waals surface area (Å²) in [5.41, 5.74) is 0.961. The van der Waals surface area contributed by atoms with Crippen LogP contribution in [0.15, 0.2) is 29.2 Å². The summed E-state index contributed by atoms with van der Waals surface area (Å²) >= 11 is 0. The van der Waals surface area contributed by atoms with Crippen molar-refractivity contribution >= 4 is 19.7 Å². The first-order valence-electron chi connectivity index (χ1n) is 9.24. The lowest BCUT2D eigenvalue weighted by atomic mass is 10.0. The first kappa shape index (κ1) is 19.3. The zero-order valence-corrected chi connectivity index (χ0v) is 17.0. The molecular formula is C18H25NO6S2. The van der Waals surface area contributed by atoms with Crippen molar-refractivity contribution < 1.29 is 26.3 Å². The monoisotopic (exact) mass is 415 g/mol. The summed E-state index contributed by atoms with van der Waals surface area (Å²) in [5.74, 6) is -1.00. The van der Waals surface area contributed by atoms with Gasteiger partial charge in [0.25, 0.3) is 0 Å². The molecule has 0 radical (unpaired) electrons. The number of sulfone groups is 2. The highest BCUT2D eigenvalue weighted by molar-refractivity contribution is 7.96. The van der Waals surface area contributed by atoms with Crippen molar-refractivity contribution in [1.29, 1.82) is 0 Å². The second-order valence-electron chi connectivity index (χ2n) is 7.68. The lowest BCUT2D eigenvalue weighted by molar-refractivity contribution is -0.187. The molecule has 7 nitrogen and oxygen atoms in total. The zero-order chi connectivity index (χ0) is 19.3. The molecule has 0 saturated carbocycles. The highest BCUT2D eigenvalue weighted by atomic mass is 32.2. The number of hydrogen-bond acceptors (Lipinski definition) is 7. The maximum Gasteiger partial charge on any atom is 0.183 e. The Kier molecular flexibility index (Phi) is 4.87.